The van der Waals surface area contributed by atoms with E-state index in [1.54, 1.807) is 35.2 Å². The van der Waals surface area contributed by atoms with Crippen molar-refractivity contribution in [2.24, 2.45) is 0 Å². The van der Waals surface area contributed by atoms with Gasteiger partial charge >= 0.3 is 5.97 Å². The lowest BCUT2D eigenvalue weighted by atomic mass is 10.1. The van der Waals surface area contributed by atoms with Crippen LogP contribution in [-0.4, -0.2) is 43.1 Å². The van der Waals surface area contributed by atoms with E-state index in [9.17, 15) is 14.7 Å². The van der Waals surface area contributed by atoms with Gasteiger partial charge in [-0.05, 0) is 12.1 Å². The first kappa shape index (κ1) is 17.5. The van der Waals surface area contributed by atoms with Crippen LogP contribution in [0.4, 0.5) is 0 Å². The molecule has 0 radical (unpaired) electrons. The van der Waals surface area contributed by atoms with E-state index in [-0.39, 0.29) is 28.5 Å². The van der Waals surface area contributed by atoms with Gasteiger partial charge < -0.3 is 18.8 Å². The Balaban J connectivity index is 1.59. The molecule has 0 atom stereocenters. The lowest BCUT2D eigenvalue weighted by Crippen LogP contribution is -2.13. The number of aromatic hydroxyl groups is 1. The summed E-state index contributed by atoms with van der Waals surface area (Å²) in [5.41, 5.74) is 0.765. The second kappa shape index (κ2) is 6.99. The quantitative estimate of drug-likeness (QED) is 0.496. The van der Waals surface area contributed by atoms with E-state index in [1.165, 1.54) is 13.2 Å². The minimum Gasteiger partial charge on any atom is -0.507 e. The molecule has 0 saturated heterocycles. The minimum atomic E-state index is -0.592. The molecule has 2 aliphatic rings. The van der Waals surface area contributed by atoms with Crippen molar-refractivity contribution in [3.05, 3.63) is 58.5 Å². The first-order valence-corrected chi connectivity index (χ1v) is 8.34. The number of aromatic nitrogens is 5. The van der Waals surface area contributed by atoms with Gasteiger partial charge in [-0.2, -0.15) is 5.10 Å². The Morgan fingerprint density at radius 3 is 2.86 bits per heavy atom. The van der Waals surface area contributed by atoms with Crippen molar-refractivity contribution >= 4 is 5.97 Å². The topological polar surface area (TPSA) is 136 Å². The lowest BCUT2D eigenvalue weighted by Gasteiger charge is -2.10. The van der Waals surface area contributed by atoms with Crippen LogP contribution in [0.3, 0.4) is 0 Å². The molecule has 2 aromatic rings. The summed E-state index contributed by atoms with van der Waals surface area (Å²) in [6, 6.07) is 6.66. The number of esters is 1. The molecule has 0 saturated carbocycles. The number of ether oxygens (including phenoxy) is 1. The predicted octanol–water partition coefficient (Wildman–Crippen LogP) is 1.46. The van der Waals surface area contributed by atoms with E-state index in [0.29, 0.717) is 24.4 Å². The number of pyridine rings is 1. The number of aromatic amines is 1. The van der Waals surface area contributed by atoms with E-state index in [4.69, 9.17) is 9.15 Å². The highest BCUT2D eigenvalue weighted by Gasteiger charge is 2.22. The molecular formula is C18H15N5O5. The number of para-hydroxylation sites is 1. The van der Waals surface area contributed by atoms with Crippen LogP contribution in [-0.2, 0) is 17.7 Å². The highest BCUT2D eigenvalue weighted by atomic mass is 16.5. The van der Waals surface area contributed by atoms with E-state index in [2.05, 4.69) is 20.4 Å². The number of nitrogens with one attached hydrogen (secondary N) is 1. The number of fused-ring (bicyclic) bond motifs is 1. The van der Waals surface area contributed by atoms with Gasteiger partial charge in [-0.1, -0.05) is 12.1 Å². The number of methoxy groups -OCH3 is 1. The number of benzene rings is 1. The number of phenols is 1. The Morgan fingerprint density at radius 2 is 2.07 bits per heavy atom. The zero-order valence-electron chi connectivity index (χ0n) is 14.7. The molecule has 3 heterocycles. The molecular weight excluding hydrogens is 366 g/mol. The molecule has 10 heteroatoms. The fourth-order valence-electron chi connectivity index (χ4n) is 2.82. The zero-order chi connectivity index (χ0) is 19.7. The Hall–Kier alpha value is -3.95. The first-order valence-electron chi connectivity index (χ1n) is 8.34. The molecule has 4 rings (SSSR count). The summed E-state index contributed by atoms with van der Waals surface area (Å²) < 4.78 is 12.0. The molecule has 28 heavy (non-hydrogen) atoms. The fraction of sp³-hybridized carbons (Fsp3) is 0.167. The van der Waals surface area contributed by atoms with Gasteiger partial charge in [-0.15, -0.1) is 10.2 Å². The van der Waals surface area contributed by atoms with Crippen molar-refractivity contribution in [1.29, 1.82) is 0 Å². The second-order valence-corrected chi connectivity index (χ2v) is 5.98. The van der Waals surface area contributed by atoms with Crippen molar-refractivity contribution in [1.82, 2.24) is 25.0 Å². The molecule has 0 fully saturated rings. The second-order valence-electron chi connectivity index (χ2n) is 5.98. The summed E-state index contributed by atoms with van der Waals surface area (Å²) in [5, 5.41) is 24.0. The van der Waals surface area contributed by atoms with Crippen LogP contribution < -0.4 is 5.56 Å². The highest BCUT2D eigenvalue weighted by Crippen LogP contribution is 2.27. The smallest absolute Gasteiger partial charge is 0.341 e. The monoisotopic (exact) mass is 381 g/mol. The fourth-order valence-corrected chi connectivity index (χ4v) is 2.82. The first-order chi connectivity index (χ1) is 13.6. The van der Waals surface area contributed by atoms with Crippen molar-refractivity contribution in [2.75, 3.05) is 7.11 Å². The molecule has 0 aliphatic carbocycles. The number of rotatable bonds is 5. The Bertz CT molecular complexity index is 1180. The minimum absolute atomic E-state index is 0.0446. The van der Waals surface area contributed by atoms with Gasteiger partial charge in [0.1, 0.15) is 17.0 Å². The maximum Gasteiger partial charge on any atom is 0.341 e. The third-order valence-corrected chi connectivity index (χ3v) is 4.20. The molecule has 2 aliphatic heterocycles. The molecule has 0 bridgehead atoms. The average molecular weight is 381 g/mol. The molecule has 10 nitrogen and oxygen atoms in total. The maximum absolute atomic E-state index is 12.0. The van der Waals surface area contributed by atoms with Gasteiger partial charge in [-0.3, -0.25) is 4.79 Å². The summed E-state index contributed by atoms with van der Waals surface area (Å²) >= 11 is 0. The summed E-state index contributed by atoms with van der Waals surface area (Å²) in [6.45, 7) is 0.368. The van der Waals surface area contributed by atoms with E-state index < -0.39 is 11.5 Å². The third kappa shape index (κ3) is 3.11. The van der Waals surface area contributed by atoms with Crippen molar-refractivity contribution in [3.63, 3.8) is 0 Å². The number of phenolic OH excluding ortho intramolecular Hbond substituents is 1. The molecule has 0 spiro atoms. The Labute approximate surface area is 157 Å². The van der Waals surface area contributed by atoms with Crippen LogP contribution in [0.5, 0.6) is 5.75 Å². The summed E-state index contributed by atoms with van der Waals surface area (Å²) in [4.78, 5) is 23.9. The SMILES string of the molecule is COC(=O)c1cn(CCc2nnc(-c3ccccc3O)o2)cc2c(=O)[nH]nc1-2. The van der Waals surface area contributed by atoms with Crippen LogP contribution in [0.25, 0.3) is 22.7 Å². The molecule has 0 unspecified atom stereocenters. The highest BCUT2D eigenvalue weighted by molar-refractivity contribution is 5.95. The maximum atomic E-state index is 12.0. The number of aryl methyl sites for hydroxylation is 2. The lowest BCUT2D eigenvalue weighted by molar-refractivity contribution is 0.0600. The zero-order valence-corrected chi connectivity index (χ0v) is 14.7. The van der Waals surface area contributed by atoms with Crippen LogP contribution >= 0.6 is 0 Å². The van der Waals surface area contributed by atoms with Gasteiger partial charge in [0.2, 0.25) is 5.89 Å². The number of carbonyl (C=O) groups excluding carboxylic acids is 1. The van der Waals surface area contributed by atoms with Gasteiger partial charge in [0.15, 0.2) is 0 Å². The van der Waals surface area contributed by atoms with Crippen molar-refractivity contribution < 1.29 is 19.1 Å². The van der Waals surface area contributed by atoms with Gasteiger partial charge in [-0.25, -0.2) is 9.89 Å². The predicted molar refractivity (Wildman–Crippen MR) is 95.9 cm³/mol. The number of H-pyrrole nitrogens is 1. The van der Waals surface area contributed by atoms with Gasteiger partial charge in [0, 0.05) is 25.4 Å². The number of hydrogen-bond acceptors (Lipinski definition) is 8. The van der Waals surface area contributed by atoms with Crippen LogP contribution in [0, 0.1) is 0 Å². The molecule has 1 aromatic carbocycles. The average Bonchev–Trinajstić information content (AvgIpc) is 3.33. The van der Waals surface area contributed by atoms with E-state index >= 15 is 0 Å². The number of nitrogens with zero attached hydrogens (tertiary/aromatic N) is 4. The standard InChI is InChI=1S/C18H15N5O5/c1-27-18(26)12-9-23(8-11-15(12)20-21-16(11)25)7-6-14-19-22-17(28-14)10-4-2-3-5-13(10)24/h2-5,8-9,24H,6-7H2,1H3,(H,21,25). The summed E-state index contributed by atoms with van der Waals surface area (Å²) in [6.07, 6.45) is 3.49. The van der Waals surface area contributed by atoms with E-state index in [1.807, 2.05) is 0 Å². The van der Waals surface area contributed by atoms with E-state index in [0.717, 1.165) is 0 Å². The Morgan fingerprint density at radius 1 is 1.25 bits per heavy atom. The number of hydrogen-bond donors (Lipinski definition) is 2. The van der Waals surface area contributed by atoms with Crippen molar-refractivity contribution in [3.8, 4) is 28.5 Å². The number of carbonyl (C=O) groups is 1. The van der Waals surface area contributed by atoms with Gasteiger partial charge in [0.25, 0.3) is 11.4 Å². The van der Waals surface area contributed by atoms with Crippen LogP contribution in [0.2, 0.25) is 0 Å². The summed E-state index contributed by atoms with van der Waals surface area (Å²) in [5.74, 6) is 0.00847. The third-order valence-electron chi connectivity index (χ3n) is 4.20. The van der Waals surface area contributed by atoms with Crippen molar-refractivity contribution in [2.45, 2.75) is 13.0 Å². The van der Waals surface area contributed by atoms with Crippen LogP contribution in [0.1, 0.15) is 16.2 Å². The molecule has 142 valence electrons. The molecule has 2 N–H and O–H groups in total. The molecule has 0 amide bonds. The summed E-state index contributed by atoms with van der Waals surface area (Å²) in [7, 11) is 1.26. The Kier molecular flexibility index (Phi) is 4.36. The van der Waals surface area contributed by atoms with Gasteiger partial charge in [0.05, 0.1) is 18.2 Å². The van der Waals surface area contributed by atoms with Crippen LogP contribution in [0.15, 0.2) is 45.9 Å². The largest absolute Gasteiger partial charge is 0.507 e. The molecule has 1 aromatic heterocycles. The normalized spacial score (nSPS) is 11.0.